The molecule has 2 unspecified atom stereocenters. The highest BCUT2D eigenvalue weighted by Gasteiger charge is 2.26. The molecular formula is C20H21NO5. The number of rotatable bonds is 6. The van der Waals surface area contributed by atoms with Crippen LogP contribution < -0.4 is 14.8 Å². The van der Waals surface area contributed by atoms with E-state index in [1.54, 1.807) is 12.1 Å². The van der Waals surface area contributed by atoms with Crippen molar-refractivity contribution < 1.29 is 24.2 Å². The van der Waals surface area contributed by atoms with Gasteiger partial charge in [0, 0.05) is 0 Å². The van der Waals surface area contributed by atoms with Crippen molar-refractivity contribution in [2.45, 2.75) is 19.4 Å². The zero-order valence-corrected chi connectivity index (χ0v) is 14.5. The van der Waals surface area contributed by atoms with Gasteiger partial charge in [-0.25, -0.2) is 4.79 Å². The van der Waals surface area contributed by atoms with E-state index in [-0.39, 0.29) is 24.5 Å². The first-order valence-electron chi connectivity index (χ1n) is 8.48. The minimum absolute atomic E-state index is 0.0433. The van der Waals surface area contributed by atoms with Gasteiger partial charge in [0.1, 0.15) is 18.1 Å². The molecule has 1 aliphatic rings. The van der Waals surface area contributed by atoms with E-state index < -0.39 is 5.97 Å². The van der Waals surface area contributed by atoms with Gasteiger partial charge < -0.3 is 19.9 Å². The molecule has 0 aliphatic carbocycles. The number of carbonyl (C=O) groups excluding carboxylic acids is 1. The van der Waals surface area contributed by atoms with Crippen LogP contribution in [-0.2, 0) is 16.0 Å². The van der Waals surface area contributed by atoms with Crippen molar-refractivity contribution in [1.82, 2.24) is 5.32 Å². The molecule has 1 aliphatic heterocycles. The molecule has 2 atom stereocenters. The monoisotopic (exact) mass is 355 g/mol. The predicted octanol–water partition coefficient (Wildman–Crippen LogP) is 2.58. The number of fused-ring (bicyclic) bond motifs is 1. The van der Waals surface area contributed by atoms with E-state index in [0.29, 0.717) is 18.8 Å². The molecule has 0 bridgehead atoms. The number of aliphatic carboxylic acids is 1. The molecule has 6 heteroatoms. The van der Waals surface area contributed by atoms with Crippen LogP contribution >= 0.6 is 0 Å². The average Bonchev–Trinajstić information content (AvgIpc) is 2.66. The van der Waals surface area contributed by atoms with Gasteiger partial charge in [-0.05, 0) is 42.7 Å². The number of para-hydroxylation sites is 1. The maximum Gasteiger partial charge on any atom is 0.341 e. The van der Waals surface area contributed by atoms with Gasteiger partial charge in [0.2, 0.25) is 5.91 Å². The van der Waals surface area contributed by atoms with Gasteiger partial charge in [-0.1, -0.05) is 30.3 Å². The van der Waals surface area contributed by atoms with Crippen LogP contribution in [0, 0.1) is 5.92 Å². The summed E-state index contributed by atoms with van der Waals surface area (Å²) in [6.07, 6.45) is 0.663. The van der Waals surface area contributed by atoms with Crippen molar-refractivity contribution in [2.75, 3.05) is 13.2 Å². The molecule has 2 aromatic rings. The Morgan fingerprint density at radius 1 is 1.23 bits per heavy atom. The molecule has 2 N–H and O–H groups in total. The fraction of sp³-hybridized carbons (Fsp3) is 0.300. The smallest absolute Gasteiger partial charge is 0.341 e. The number of hydrogen-bond donors (Lipinski definition) is 2. The van der Waals surface area contributed by atoms with Crippen molar-refractivity contribution in [2.24, 2.45) is 5.92 Å². The van der Waals surface area contributed by atoms with E-state index in [0.717, 1.165) is 16.9 Å². The summed E-state index contributed by atoms with van der Waals surface area (Å²) in [4.78, 5) is 23.1. The van der Waals surface area contributed by atoms with Crippen molar-refractivity contribution in [3.8, 4) is 11.5 Å². The van der Waals surface area contributed by atoms with Gasteiger partial charge >= 0.3 is 5.97 Å². The molecular weight excluding hydrogens is 334 g/mol. The molecule has 1 amide bonds. The minimum Gasteiger partial charge on any atom is -0.492 e. The summed E-state index contributed by atoms with van der Waals surface area (Å²) in [6.45, 7) is 1.90. The number of ether oxygens (including phenoxy) is 2. The Labute approximate surface area is 151 Å². The zero-order chi connectivity index (χ0) is 18.5. The summed E-state index contributed by atoms with van der Waals surface area (Å²) in [6, 6.07) is 14.6. The first kappa shape index (κ1) is 17.8. The van der Waals surface area contributed by atoms with E-state index in [1.165, 1.54) is 0 Å². The van der Waals surface area contributed by atoms with E-state index in [9.17, 15) is 9.59 Å². The van der Waals surface area contributed by atoms with Gasteiger partial charge in [0.05, 0.1) is 12.0 Å². The first-order chi connectivity index (χ1) is 12.5. The van der Waals surface area contributed by atoms with Crippen LogP contribution in [0.25, 0.3) is 0 Å². The fourth-order valence-corrected chi connectivity index (χ4v) is 2.91. The number of carboxylic acid groups (broad SMARTS) is 1. The Bertz CT molecular complexity index is 787. The van der Waals surface area contributed by atoms with Crippen molar-refractivity contribution >= 4 is 11.9 Å². The second kappa shape index (κ2) is 7.91. The summed E-state index contributed by atoms with van der Waals surface area (Å²) in [7, 11) is 0. The molecule has 3 rings (SSSR count). The largest absolute Gasteiger partial charge is 0.492 e. The molecule has 6 nitrogen and oxygen atoms in total. The standard InChI is InChI=1S/C20H21NO5/c1-13(14-6-8-17(9-7-14)25-12-19(22)23)21-20(24)16-10-15-4-2-3-5-18(15)26-11-16/h2-9,13,16H,10-12H2,1H3,(H,21,24)(H,22,23). The highest BCUT2D eigenvalue weighted by Crippen LogP contribution is 2.27. The number of carboxylic acids is 1. The Kier molecular flexibility index (Phi) is 5.41. The molecule has 26 heavy (non-hydrogen) atoms. The molecule has 2 aromatic carbocycles. The van der Waals surface area contributed by atoms with E-state index in [1.807, 2.05) is 43.3 Å². The summed E-state index contributed by atoms with van der Waals surface area (Å²) in [5.41, 5.74) is 1.96. The maximum absolute atomic E-state index is 12.6. The van der Waals surface area contributed by atoms with E-state index in [4.69, 9.17) is 14.6 Å². The molecule has 0 saturated heterocycles. The lowest BCUT2D eigenvalue weighted by atomic mass is 9.95. The summed E-state index contributed by atoms with van der Waals surface area (Å²) in [5.74, 6) is 0.0447. The third kappa shape index (κ3) is 4.33. The van der Waals surface area contributed by atoms with Crippen LogP contribution in [0.15, 0.2) is 48.5 Å². The van der Waals surface area contributed by atoms with Crippen LogP contribution in [0.3, 0.4) is 0 Å². The summed E-state index contributed by atoms with van der Waals surface area (Å²) < 4.78 is 10.8. The van der Waals surface area contributed by atoms with Crippen LogP contribution in [0.4, 0.5) is 0 Å². The van der Waals surface area contributed by atoms with Crippen molar-refractivity contribution in [1.29, 1.82) is 0 Å². The highest BCUT2D eigenvalue weighted by atomic mass is 16.5. The van der Waals surface area contributed by atoms with Crippen LogP contribution in [0.5, 0.6) is 11.5 Å². The van der Waals surface area contributed by atoms with Gasteiger partial charge in [0.25, 0.3) is 0 Å². The quantitative estimate of drug-likeness (QED) is 0.832. The van der Waals surface area contributed by atoms with Crippen molar-refractivity contribution in [3.05, 3.63) is 59.7 Å². The van der Waals surface area contributed by atoms with Gasteiger partial charge in [-0.2, -0.15) is 0 Å². The Morgan fingerprint density at radius 3 is 2.69 bits per heavy atom. The molecule has 0 radical (unpaired) electrons. The maximum atomic E-state index is 12.6. The lowest BCUT2D eigenvalue weighted by Gasteiger charge is -2.26. The highest BCUT2D eigenvalue weighted by molar-refractivity contribution is 5.80. The molecule has 136 valence electrons. The molecule has 0 saturated carbocycles. The SMILES string of the molecule is CC(NC(=O)C1COc2ccccc2C1)c1ccc(OCC(=O)O)cc1. The lowest BCUT2D eigenvalue weighted by Crippen LogP contribution is -2.38. The Hall–Kier alpha value is -3.02. The van der Waals surface area contributed by atoms with Gasteiger partial charge in [-0.15, -0.1) is 0 Å². The Balaban J connectivity index is 1.57. The lowest BCUT2D eigenvalue weighted by molar-refractivity contribution is -0.139. The molecule has 1 heterocycles. The van der Waals surface area contributed by atoms with E-state index in [2.05, 4.69) is 5.32 Å². The number of nitrogens with one attached hydrogen (secondary N) is 1. The second-order valence-electron chi connectivity index (χ2n) is 6.30. The van der Waals surface area contributed by atoms with Gasteiger partial charge in [0.15, 0.2) is 6.61 Å². The molecule has 0 aromatic heterocycles. The number of amides is 1. The minimum atomic E-state index is -1.02. The predicted molar refractivity (Wildman–Crippen MR) is 95.3 cm³/mol. The van der Waals surface area contributed by atoms with E-state index >= 15 is 0 Å². The fourth-order valence-electron chi connectivity index (χ4n) is 2.91. The third-order valence-electron chi connectivity index (χ3n) is 4.35. The van der Waals surface area contributed by atoms with Crippen LogP contribution in [-0.4, -0.2) is 30.2 Å². The van der Waals surface area contributed by atoms with Crippen molar-refractivity contribution in [3.63, 3.8) is 0 Å². The third-order valence-corrected chi connectivity index (χ3v) is 4.35. The average molecular weight is 355 g/mol. The van der Waals surface area contributed by atoms with Crippen LogP contribution in [0.2, 0.25) is 0 Å². The molecule has 0 fully saturated rings. The number of benzene rings is 2. The van der Waals surface area contributed by atoms with Crippen LogP contribution in [0.1, 0.15) is 24.1 Å². The van der Waals surface area contributed by atoms with Gasteiger partial charge in [-0.3, -0.25) is 4.79 Å². The normalized spacial score (nSPS) is 16.7. The zero-order valence-electron chi connectivity index (χ0n) is 14.5. The topological polar surface area (TPSA) is 84.9 Å². The second-order valence-corrected chi connectivity index (χ2v) is 6.30. The number of carbonyl (C=O) groups is 2. The Morgan fingerprint density at radius 2 is 1.96 bits per heavy atom. The molecule has 0 spiro atoms. The summed E-state index contributed by atoms with van der Waals surface area (Å²) in [5, 5.41) is 11.6. The summed E-state index contributed by atoms with van der Waals surface area (Å²) >= 11 is 0. The first-order valence-corrected chi connectivity index (χ1v) is 8.48. The number of hydrogen-bond acceptors (Lipinski definition) is 4.